The van der Waals surface area contributed by atoms with Crippen LogP contribution < -0.4 is 5.32 Å². The Morgan fingerprint density at radius 1 is 1.30 bits per heavy atom. The first kappa shape index (κ1) is 15.0. The monoisotopic (exact) mass is 282 g/mol. The van der Waals surface area contributed by atoms with Crippen LogP contribution in [-0.2, 0) is 9.59 Å². The molecule has 1 atom stereocenters. The van der Waals surface area contributed by atoms with Crippen LogP contribution in [0.1, 0.15) is 45.4 Å². The molecule has 4 nitrogen and oxygen atoms in total. The third-order valence-corrected chi connectivity index (χ3v) is 4.22. The predicted octanol–water partition coefficient (Wildman–Crippen LogP) is 2.16. The van der Waals surface area contributed by atoms with Gasteiger partial charge in [0, 0.05) is 13.1 Å². The number of nitrogens with one attached hydrogen (secondary N) is 1. The Kier molecular flexibility index (Phi) is 5.15. The fourth-order valence-corrected chi connectivity index (χ4v) is 2.94. The molecule has 5 heteroatoms. The number of halogens is 1. The van der Waals surface area contributed by atoms with E-state index in [4.69, 9.17) is 0 Å². The van der Waals surface area contributed by atoms with Crippen LogP contribution in [0, 0.1) is 5.92 Å². The van der Waals surface area contributed by atoms with Gasteiger partial charge in [0.1, 0.15) is 6.04 Å². The molecule has 1 heterocycles. The Morgan fingerprint density at radius 3 is 2.70 bits per heavy atom. The van der Waals surface area contributed by atoms with E-state index in [0.717, 1.165) is 25.7 Å². The van der Waals surface area contributed by atoms with Crippen molar-refractivity contribution in [2.45, 2.75) is 51.5 Å². The zero-order valence-corrected chi connectivity index (χ0v) is 12.0. The molecule has 2 rings (SSSR count). The second-order valence-corrected chi connectivity index (χ2v) is 5.73. The van der Waals surface area contributed by atoms with E-state index < -0.39 is 17.8 Å². The molecule has 0 aromatic rings. The predicted molar refractivity (Wildman–Crippen MR) is 74.6 cm³/mol. The maximum absolute atomic E-state index is 14.1. The molecule has 1 unspecified atom stereocenters. The molecule has 0 spiro atoms. The molecular formula is C15H23FN2O2. The summed E-state index contributed by atoms with van der Waals surface area (Å²) < 4.78 is 14.1. The lowest BCUT2D eigenvalue weighted by atomic mass is 9.89. The van der Waals surface area contributed by atoms with Crippen molar-refractivity contribution in [3.8, 4) is 0 Å². The van der Waals surface area contributed by atoms with Crippen LogP contribution in [-0.4, -0.2) is 35.8 Å². The number of hydrogen-bond donors (Lipinski definition) is 1. The normalized spacial score (nSPS) is 26.1. The van der Waals surface area contributed by atoms with Crippen LogP contribution in [0.2, 0.25) is 0 Å². The van der Waals surface area contributed by atoms with Gasteiger partial charge < -0.3 is 10.2 Å². The van der Waals surface area contributed by atoms with E-state index in [0.29, 0.717) is 19.5 Å². The van der Waals surface area contributed by atoms with Crippen molar-refractivity contribution in [3.63, 3.8) is 0 Å². The van der Waals surface area contributed by atoms with E-state index in [2.05, 4.69) is 5.32 Å². The summed E-state index contributed by atoms with van der Waals surface area (Å²) in [6.45, 7) is 2.61. The SMILES string of the molecule is CC1C(=O)NCCCN1C(=O)/C(F)=C/C1CCCCC1. The third kappa shape index (κ3) is 3.58. The quantitative estimate of drug-likeness (QED) is 0.789. The summed E-state index contributed by atoms with van der Waals surface area (Å²) in [5, 5.41) is 2.72. The minimum absolute atomic E-state index is 0.170. The first-order chi connectivity index (χ1) is 9.59. The van der Waals surface area contributed by atoms with Crippen LogP contribution in [0.4, 0.5) is 4.39 Å². The number of carbonyl (C=O) groups is 2. The summed E-state index contributed by atoms with van der Waals surface area (Å²) in [7, 11) is 0. The van der Waals surface area contributed by atoms with Crippen LogP contribution in [0.3, 0.4) is 0 Å². The molecule has 0 aromatic heterocycles. The van der Waals surface area contributed by atoms with E-state index in [9.17, 15) is 14.0 Å². The Labute approximate surface area is 119 Å². The summed E-state index contributed by atoms with van der Waals surface area (Å²) >= 11 is 0. The number of allylic oxidation sites excluding steroid dienone is 1. The zero-order chi connectivity index (χ0) is 14.5. The molecule has 1 aliphatic carbocycles. The molecule has 1 saturated carbocycles. The highest BCUT2D eigenvalue weighted by Gasteiger charge is 2.30. The molecule has 112 valence electrons. The van der Waals surface area contributed by atoms with E-state index in [1.54, 1.807) is 6.92 Å². The van der Waals surface area contributed by atoms with Crippen LogP contribution in [0.15, 0.2) is 11.9 Å². The fraction of sp³-hybridized carbons (Fsp3) is 0.733. The summed E-state index contributed by atoms with van der Waals surface area (Å²) in [5.41, 5.74) is 0. The van der Waals surface area contributed by atoms with Gasteiger partial charge in [0.05, 0.1) is 0 Å². The van der Waals surface area contributed by atoms with E-state index in [-0.39, 0.29) is 11.8 Å². The van der Waals surface area contributed by atoms with E-state index >= 15 is 0 Å². The van der Waals surface area contributed by atoms with E-state index in [1.807, 2.05) is 0 Å². The van der Waals surface area contributed by atoms with Crippen molar-refractivity contribution >= 4 is 11.8 Å². The van der Waals surface area contributed by atoms with Gasteiger partial charge in [-0.05, 0) is 38.2 Å². The van der Waals surface area contributed by atoms with Crippen molar-refractivity contribution in [1.82, 2.24) is 10.2 Å². The highest BCUT2D eigenvalue weighted by atomic mass is 19.1. The molecular weight excluding hydrogens is 259 g/mol. The van der Waals surface area contributed by atoms with Gasteiger partial charge in [0.25, 0.3) is 5.91 Å². The molecule has 0 radical (unpaired) electrons. The molecule has 2 amide bonds. The average molecular weight is 282 g/mol. The van der Waals surface area contributed by atoms with Gasteiger partial charge in [-0.2, -0.15) is 0 Å². The Hall–Kier alpha value is -1.39. The molecule has 1 saturated heterocycles. The standard InChI is InChI=1S/C15H23FN2O2/c1-11-14(19)17-8-5-9-18(11)15(20)13(16)10-12-6-3-2-4-7-12/h10-12H,2-9H2,1H3,(H,17,19)/b13-10-. The molecule has 20 heavy (non-hydrogen) atoms. The van der Waals surface area contributed by atoms with Crippen molar-refractivity contribution in [3.05, 3.63) is 11.9 Å². The van der Waals surface area contributed by atoms with Gasteiger partial charge in [-0.15, -0.1) is 0 Å². The Bertz CT molecular complexity index is 403. The lowest BCUT2D eigenvalue weighted by molar-refractivity contribution is -0.137. The van der Waals surface area contributed by atoms with Crippen molar-refractivity contribution in [2.24, 2.45) is 5.92 Å². The lowest BCUT2D eigenvalue weighted by Crippen LogP contribution is -2.45. The second-order valence-electron chi connectivity index (χ2n) is 5.73. The summed E-state index contributed by atoms with van der Waals surface area (Å²) in [4.78, 5) is 25.2. The van der Waals surface area contributed by atoms with Crippen LogP contribution in [0.25, 0.3) is 0 Å². The molecule has 2 aliphatic rings. The maximum atomic E-state index is 14.1. The number of amides is 2. The van der Waals surface area contributed by atoms with Crippen LogP contribution in [0.5, 0.6) is 0 Å². The number of rotatable bonds is 2. The first-order valence-electron chi connectivity index (χ1n) is 7.55. The van der Waals surface area contributed by atoms with Crippen LogP contribution >= 0.6 is 0 Å². The second kappa shape index (κ2) is 6.86. The Balaban J connectivity index is 2.04. The van der Waals surface area contributed by atoms with Gasteiger partial charge >= 0.3 is 0 Å². The third-order valence-electron chi connectivity index (χ3n) is 4.22. The van der Waals surface area contributed by atoms with Crippen molar-refractivity contribution in [2.75, 3.05) is 13.1 Å². The topological polar surface area (TPSA) is 49.4 Å². The maximum Gasteiger partial charge on any atom is 0.282 e. The van der Waals surface area contributed by atoms with Crippen molar-refractivity contribution in [1.29, 1.82) is 0 Å². The van der Waals surface area contributed by atoms with Gasteiger partial charge in [0.2, 0.25) is 5.91 Å². The summed E-state index contributed by atoms with van der Waals surface area (Å²) in [5.74, 6) is -1.37. The van der Waals surface area contributed by atoms with Gasteiger partial charge in [0.15, 0.2) is 5.83 Å². The summed E-state index contributed by atoms with van der Waals surface area (Å²) in [6, 6.07) is -0.601. The van der Waals surface area contributed by atoms with Gasteiger partial charge in [-0.1, -0.05) is 19.3 Å². The highest BCUT2D eigenvalue weighted by Crippen LogP contribution is 2.26. The van der Waals surface area contributed by atoms with Gasteiger partial charge in [-0.3, -0.25) is 9.59 Å². The largest absolute Gasteiger partial charge is 0.354 e. The molecule has 1 aliphatic heterocycles. The molecule has 1 N–H and O–H groups in total. The molecule has 0 aromatic carbocycles. The summed E-state index contributed by atoms with van der Waals surface area (Å²) in [6.07, 6.45) is 7.45. The minimum Gasteiger partial charge on any atom is -0.354 e. The van der Waals surface area contributed by atoms with Gasteiger partial charge in [-0.25, -0.2) is 4.39 Å². The number of hydrogen-bond acceptors (Lipinski definition) is 2. The molecule has 0 bridgehead atoms. The minimum atomic E-state index is -0.696. The lowest BCUT2D eigenvalue weighted by Gasteiger charge is -2.25. The number of nitrogens with zero attached hydrogens (tertiary/aromatic N) is 1. The average Bonchev–Trinajstić information content (AvgIpc) is 2.62. The molecule has 2 fully saturated rings. The zero-order valence-electron chi connectivity index (χ0n) is 12.0. The highest BCUT2D eigenvalue weighted by molar-refractivity contribution is 5.95. The smallest absolute Gasteiger partial charge is 0.282 e. The van der Waals surface area contributed by atoms with Crippen molar-refractivity contribution < 1.29 is 14.0 Å². The number of carbonyl (C=O) groups excluding carboxylic acids is 2. The first-order valence-corrected chi connectivity index (χ1v) is 7.55. The Morgan fingerprint density at radius 2 is 2.00 bits per heavy atom. The fourth-order valence-electron chi connectivity index (χ4n) is 2.94. The van der Waals surface area contributed by atoms with E-state index in [1.165, 1.54) is 17.4 Å².